The molecule has 132 valence electrons. The zero-order valence-corrected chi connectivity index (χ0v) is 14.7. The van der Waals surface area contributed by atoms with Gasteiger partial charge in [0, 0.05) is 6.42 Å². The standard InChI is InChI=1S/C21H24O4/c1-3-9-16(2)25-21(23)19-13-8-7-12-18(19)20(22)24-15-14-17-10-5-4-6-11-17/h4-8,10-13,16H,3,9,14-15H2,1-2H3. The van der Waals surface area contributed by atoms with E-state index in [1.165, 1.54) is 0 Å². The number of carbonyl (C=O) groups excluding carboxylic acids is 2. The van der Waals surface area contributed by atoms with Crippen molar-refractivity contribution in [3.05, 3.63) is 71.3 Å². The van der Waals surface area contributed by atoms with Crippen LogP contribution in [0.4, 0.5) is 0 Å². The number of hydrogen-bond acceptors (Lipinski definition) is 4. The number of ether oxygens (including phenoxy) is 2. The summed E-state index contributed by atoms with van der Waals surface area (Å²) in [5, 5.41) is 0. The Labute approximate surface area is 148 Å². The molecule has 0 fully saturated rings. The van der Waals surface area contributed by atoms with Gasteiger partial charge in [-0.1, -0.05) is 55.8 Å². The Morgan fingerprint density at radius 2 is 1.52 bits per heavy atom. The normalized spacial score (nSPS) is 11.6. The number of carbonyl (C=O) groups is 2. The summed E-state index contributed by atoms with van der Waals surface area (Å²) in [6.07, 6.45) is 2.17. The van der Waals surface area contributed by atoms with Crippen LogP contribution in [0.1, 0.15) is 53.0 Å². The van der Waals surface area contributed by atoms with E-state index in [0.717, 1.165) is 18.4 Å². The minimum absolute atomic E-state index is 0.181. The summed E-state index contributed by atoms with van der Waals surface area (Å²) in [6.45, 7) is 4.14. The van der Waals surface area contributed by atoms with Crippen LogP contribution in [0.5, 0.6) is 0 Å². The number of rotatable bonds is 8. The molecule has 0 bridgehead atoms. The lowest BCUT2D eigenvalue weighted by atomic mass is 10.1. The van der Waals surface area contributed by atoms with Crippen LogP contribution in [0, 0.1) is 0 Å². The molecule has 0 radical (unpaired) electrons. The molecule has 0 amide bonds. The van der Waals surface area contributed by atoms with E-state index in [2.05, 4.69) is 0 Å². The fourth-order valence-electron chi connectivity index (χ4n) is 2.53. The lowest BCUT2D eigenvalue weighted by Crippen LogP contribution is -2.19. The van der Waals surface area contributed by atoms with Gasteiger partial charge in [-0.15, -0.1) is 0 Å². The summed E-state index contributed by atoms with van der Waals surface area (Å²) in [4.78, 5) is 24.7. The SMILES string of the molecule is CCCC(C)OC(=O)c1ccccc1C(=O)OCCc1ccccc1. The van der Waals surface area contributed by atoms with E-state index in [-0.39, 0.29) is 23.8 Å². The molecule has 0 aliphatic carbocycles. The second-order valence-electron chi connectivity index (χ2n) is 5.92. The Morgan fingerprint density at radius 3 is 2.16 bits per heavy atom. The lowest BCUT2D eigenvalue weighted by molar-refractivity contribution is 0.0311. The maximum Gasteiger partial charge on any atom is 0.339 e. The van der Waals surface area contributed by atoms with Gasteiger partial charge in [0.05, 0.1) is 23.8 Å². The molecule has 1 unspecified atom stereocenters. The molecule has 2 aromatic carbocycles. The first-order chi connectivity index (χ1) is 12.1. The van der Waals surface area contributed by atoms with E-state index in [4.69, 9.17) is 9.47 Å². The molecule has 0 saturated heterocycles. The van der Waals surface area contributed by atoms with Crippen molar-refractivity contribution in [1.82, 2.24) is 0 Å². The molecule has 4 heteroatoms. The van der Waals surface area contributed by atoms with Crippen molar-refractivity contribution >= 4 is 11.9 Å². The summed E-state index contributed by atoms with van der Waals surface area (Å²) in [7, 11) is 0. The van der Waals surface area contributed by atoms with Gasteiger partial charge in [-0.25, -0.2) is 9.59 Å². The van der Waals surface area contributed by atoms with Gasteiger partial charge in [-0.05, 0) is 31.0 Å². The maximum atomic E-state index is 12.3. The van der Waals surface area contributed by atoms with Gasteiger partial charge < -0.3 is 9.47 Å². The van der Waals surface area contributed by atoms with Crippen molar-refractivity contribution < 1.29 is 19.1 Å². The molecule has 0 N–H and O–H groups in total. The topological polar surface area (TPSA) is 52.6 Å². The highest BCUT2D eigenvalue weighted by Gasteiger charge is 2.20. The Hall–Kier alpha value is -2.62. The second-order valence-corrected chi connectivity index (χ2v) is 5.92. The number of hydrogen-bond donors (Lipinski definition) is 0. The summed E-state index contributed by atoms with van der Waals surface area (Å²) in [5.74, 6) is -0.997. The zero-order chi connectivity index (χ0) is 18.1. The van der Waals surface area contributed by atoms with Gasteiger partial charge in [-0.2, -0.15) is 0 Å². The molecule has 0 aliphatic rings. The van der Waals surface area contributed by atoms with E-state index < -0.39 is 11.9 Å². The van der Waals surface area contributed by atoms with Crippen LogP contribution < -0.4 is 0 Å². The molecule has 2 aromatic rings. The minimum atomic E-state index is -0.508. The lowest BCUT2D eigenvalue weighted by Gasteiger charge is -2.14. The molecule has 1 atom stereocenters. The predicted octanol–water partition coefficient (Wildman–Crippen LogP) is 4.43. The monoisotopic (exact) mass is 340 g/mol. The van der Waals surface area contributed by atoms with Crippen molar-refractivity contribution in [3.8, 4) is 0 Å². The zero-order valence-electron chi connectivity index (χ0n) is 14.7. The summed E-state index contributed by atoms with van der Waals surface area (Å²) >= 11 is 0. The first-order valence-electron chi connectivity index (χ1n) is 8.63. The Bertz CT molecular complexity index is 694. The third-order valence-corrected chi connectivity index (χ3v) is 3.84. The van der Waals surface area contributed by atoms with Gasteiger partial charge >= 0.3 is 11.9 Å². The highest BCUT2D eigenvalue weighted by molar-refractivity contribution is 6.03. The molecule has 25 heavy (non-hydrogen) atoms. The fraction of sp³-hybridized carbons (Fsp3) is 0.333. The fourth-order valence-corrected chi connectivity index (χ4v) is 2.53. The molecule has 0 aliphatic heterocycles. The maximum absolute atomic E-state index is 12.3. The van der Waals surface area contributed by atoms with Crippen LogP contribution in [-0.4, -0.2) is 24.6 Å². The molecule has 0 heterocycles. The highest BCUT2D eigenvalue weighted by atomic mass is 16.5. The molecular weight excluding hydrogens is 316 g/mol. The third kappa shape index (κ3) is 5.75. The van der Waals surface area contributed by atoms with E-state index in [1.54, 1.807) is 24.3 Å². The molecule has 0 spiro atoms. The van der Waals surface area contributed by atoms with Gasteiger partial charge in [0.1, 0.15) is 0 Å². The molecule has 0 saturated carbocycles. The molecule has 0 aromatic heterocycles. The van der Waals surface area contributed by atoms with Crippen molar-refractivity contribution in [1.29, 1.82) is 0 Å². The summed E-state index contributed by atoms with van der Waals surface area (Å²) < 4.78 is 10.7. The minimum Gasteiger partial charge on any atom is -0.462 e. The van der Waals surface area contributed by atoms with Crippen molar-refractivity contribution in [2.75, 3.05) is 6.61 Å². The first-order valence-corrected chi connectivity index (χ1v) is 8.63. The molecule has 2 rings (SSSR count). The Balaban J connectivity index is 1.98. The second kappa shape index (κ2) is 9.62. The van der Waals surface area contributed by atoms with Crippen molar-refractivity contribution in [2.24, 2.45) is 0 Å². The van der Waals surface area contributed by atoms with Crippen molar-refractivity contribution in [3.63, 3.8) is 0 Å². The van der Waals surface area contributed by atoms with Crippen LogP contribution >= 0.6 is 0 Å². The first kappa shape index (κ1) is 18.7. The Kier molecular flexibility index (Phi) is 7.20. The quantitative estimate of drug-likeness (QED) is 0.667. The third-order valence-electron chi connectivity index (χ3n) is 3.84. The van der Waals surface area contributed by atoms with Gasteiger partial charge in [0.2, 0.25) is 0 Å². The van der Waals surface area contributed by atoms with E-state index in [1.807, 2.05) is 44.2 Å². The smallest absolute Gasteiger partial charge is 0.339 e. The van der Waals surface area contributed by atoms with E-state index >= 15 is 0 Å². The van der Waals surface area contributed by atoms with Crippen molar-refractivity contribution in [2.45, 2.75) is 39.2 Å². The Morgan fingerprint density at radius 1 is 0.920 bits per heavy atom. The largest absolute Gasteiger partial charge is 0.462 e. The van der Waals surface area contributed by atoms with Crippen LogP contribution in [-0.2, 0) is 15.9 Å². The molecular formula is C21H24O4. The predicted molar refractivity (Wildman–Crippen MR) is 96.7 cm³/mol. The number of esters is 2. The average molecular weight is 340 g/mol. The van der Waals surface area contributed by atoms with E-state index in [0.29, 0.717) is 6.42 Å². The number of benzene rings is 2. The van der Waals surface area contributed by atoms with Gasteiger partial charge in [0.25, 0.3) is 0 Å². The summed E-state index contributed by atoms with van der Waals surface area (Å²) in [5.41, 5.74) is 1.58. The van der Waals surface area contributed by atoms with Crippen LogP contribution in [0.2, 0.25) is 0 Å². The van der Waals surface area contributed by atoms with E-state index in [9.17, 15) is 9.59 Å². The highest BCUT2D eigenvalue weighted by Crippen LogP contribution is 2.14. The molecule has 4 nitrogen and oxygen atoms in total. The van der Waals surface area contributed by atoms with Gasteiger partial charge in [0.15, 0.2) is 0 Å². The van der Waals surface area contributed by atoms with Crippen LogP contribution in [0.25, 0.3) is 0 Å². The summed E-state index contributed by atoms with van der Waals surface area (Å²) in [6, 6.07) is 16.4. The van der Waals surface area contributed by atoms with Gasteiger partial charge in [-0.3, -0.25) is 0 Å². The average Bonchev–Trinajstić information content (AvgIpc) is 2.62. The van der Waals surface area contributed by atoms with Crippen LogP contribution in [0.15, 0.2) is 54.6 Å². The van der Waals surface area contributed by atoms with Crippen LogP contribution in [0.3, 0.4) is 0 Å².